The standard InChI is InChI=1S/C9H20N2O/c1-4-11(5-2)9(12)7-6-8-10-3/h10H,4-8H2,1-3H3. The molecule has 0 aromatic carbocycles. The fourth-order valence-corrected chi connectivity index (χ4v) is 1.15. The molecule has 0 spiro atoms. The van der Waals surface area contributed by atoms with E-state index < -0.39 is 0 Å². The quantitative estimate of drug-likeness (QED) is 0.603. The maximum absolute atomic E-state index is 11.4. The van der Waals surface area contributed by atoms with Crippen LogP contribution in [0, 0.1) is 0 Å². The van der Waals surface area contributed by atoms with Gasteiger partial charge in [0, 0.05) is 19.5 Å². The zero-order valence-corrected chi connectivity index (χ0v) is 8.39. The Morgan fingerprint density at radius 2 is 1.92 bits per heavy atom. The van der Waals surface area contributed by atoms with Crippen molar-refractivity contribution in [2.45, 2.75) is 26.7 Å². The van der Waals surface area contributed by atoms with Gasteiger partial charge in [0.15, 0.2) is 0 Å². The number of nitrogens with zero attached hydrogens (tertiary/aromatic N) is 1. The number of amides is 1. The van der Waals surface area contributed by atoms with Crippen molar-refractivity contribution in [3.63, 3.8) is 0 Å². The lowest BCUT2D eigenvalue weighted by Crippen LogP contribution is -2.30. The topological polar surface area (TPSA) is 32.3 Å². The summed E-state index contributed by atoms with van der Waals surface area (Å²) in [6.07, 6.45) is 1.61. The van der Waals surface area contributed by atoms with E-state index in [1.165, 1.54) is 0 Å². The van der Waals surface area contributed by atoms with Crippen LogP contribution in [-0.2, 0) is 4.79 Å². The first-order chi connectivity index (χ1) is 5.76. The molecule has 3 nitrogen and oxygen atoms in total. The second-order valence-electron chi connectivity index (χ2n) is 2.77. The minimum Gasteiger partial charge on any atom is -0.343 e. The molecule has 0 saturated heterocycles. The number of carbonyl (C=O) groups is 1. The molecule has 0 atom stereocenters. The highest BCUT2D eigenvalue weighted by Crippen LogP contribution is 1.96. The summed E-state index contributed by atoms with van der Waals surface area (Å²) in [5.74, 6) is 0.273. The summed E-state index contributed by atoms with van der Waals surface area (Å²) < 4.78 is 0. The smallest absolute Gasteiger partial charge is 0.222 e. The van der Waals surface area contributed by atoms with Crippen LogP contribution < -0.4 is 5.32 Å². The van der Waals surface area contributed by atoms with Gasteiger partial charge in [-0.25, -0.2) is 0 Å². The van der Waals surface area contributed by atoms with E-state index in [4.69, 9.17) is 0 Å². The average molecular weight is 172 g/mol. The summed E-state index contributed by atoms with van der Waals surface area (Å²) in [6.45, 7) is 6.61. The fourth-order valence-electron chi connectivity index (χ4n) is 1.15. The molecule has 0 aliphatic rings. The third kappa shape index (κ3) is 4.34. The van der Waals surface area contributed by atoms with Gasteiger partial charge in [-0.1, -0.05) is 0 Å². The van der Waals surface area contributed by atoms with Crippen molar-refractivity contribution in [1.82, 2.24) is 10.2 Å². The number of rotatable bonds is 6. The average Bonchev–Trinajstić information content (AvgIpc) is 2.07. The Bertz CT molecular complexity index is 122. The van der Waals surface area contributed by atoms with Gasteiger partial charge in [-0.05, 0) is 33.9 Å². The molecule has 0 heterocycles. The minimum absolute atomic E-state index is 0.273. The maximum atomic E-state index is 11.4. The monoisotopic (exact) mass is 172 g/mol. The van der Waals surface area contributed by atoms with Gasteiger partial charge < -0.3 is 10.2 Å². The maximum Gasteiger partial charge on any atom is 0.222 e. The third-order valence-electron chi connectivity index (χ3n) is 1.93. The Morgan fingerprint density at radius 1 is 1.33 bits per heavy atom. The van der Waals surface area contributed by atoms with Crippen LogP contribution in [0.5, 0.6) is 0 Å². The van der Waals surface area contributed by atoms with Crippen LogP contribution in [0.1, 0.15) is 26.7 Å². The van der Waals surface area contributed by atoms with Crippen LogP contribution in [0.2, 0.25) is 0 Å². The normalized spacial score (nSPS) is 9.92. The predicted molar refractivity (Wildman–Crippen MR) is 51.1 cm³/mol. The highest BCUT2D eigenvalue weighted by Gasteiger charge is 2.07. The van der Waals surface area contributed by atoms with E-state index in [2.05, 4.69) is 5.32 Å². The third-order valence-corrected chi connectivity index (χ3v) is 1.93. The Labute approximate surface area is 75.1 Å². The summed E-state index contributed by atoms with van der Waals surface area (Å²) in [5, 5.41) is 3.03. The molecule has 0 aromatic rings. The van der Waals surface area contributed by atoms with E-state index in [9.17, 15) is 4.79 Å². The van der Waals surface area contributed by atoms with Gasteiger partial charge >= 0.3 is 0 Å². The van der Waals surface area contributed by atoms with Crippen LogP contribution in [0.25, 0.3) is 0 Å². The molecule has 12 heavy (non-hydrogen) atoms. The van der Waals surface area contributed by atoms with Gasteiger partial charge in [0.25, 0.3) is 0 Å². The molecule has 0 aliphatic carbocycles. The van der Waals surface area contributed by atoms with Gasteiger partial charge in [0.2, 0.25) is 5.91 Å². The number of carbonyl (C=O) groups excluding carboxylic acids is 1. The highest BCUT2D eigenvalue weighted by atomic mass is 16.2. The van der Waals surface area contributed by atoms with Crippen molar-refractivity contribution in [3.05, 3.63) is 0 Å². The molecular formula is C9H20N2O. The van der Waals surface area contributed by atoms with Gasteiger partial charge in [-0.3, -0.25) is 4.79 Å². The molecule has 0 saturated carbocycles. The van der Waals surface area contributed by atoms with Crippen LogP contribution in [-0.4, -0.2) is 37.5 Å². The molecule has 3 heteroatoms. The Hall–Kier alpha value is -0.570. The Morgan fingerprint density at radius 3 is 2.33 bits per heavy atom. The van der Waals surface area contributed by atoms with Crippen LogP contribution >= 0.6 is 0 Å². The minimum atomic E-state index is 0.273. The number of hydrogen-bond acceptors (Lipinski definition) is 2. The second kappa shape index (κ2) is 7.10. The number of hydrogen-bond donors (Lipinski definition) is 1. The van der Waals surface area contributed by atoms with Gasteiger partial charge in [0.1, 0.15) is 0 Å². The summed E-state index contributed by atoms with van der Waals surface area (Å²) in [4.78, 5) is 13.2. The van der Waals surface area contributed by atoms with Crippen molar-refractivity contribution in [1.29, 1.82) is 0 Å². The molecule has 1 N–H and O–H groups in total. The van der Waals surface area contributed by atoms with Crippen molar-refractivity contribution in [3.8, 4) is 0 Å². The molecule has 0 rings (SSSR count). The lowest BCUT2D eigenvalue weighted by molar-refractivity contribution is -0.130. The SMILES string of the molecule is CCN(CC)C(=O)CCCNC. The van der Waals surface area contributed by atoms with E-state index in [0.717, 1.165) is 26.1 Å². The van der Waals surface area contributed by atoms with Crippen LogP contribution in [0.4, 0.5) is 0 Å². The predicted octanol–water partition coefficient (Wildman–Crippen LogP) is 0.854. The molecule has 0 bridgehead atoms. The summed E-state index contributed by atoms with van der Waals surface area (Å²) in [6, 6.07) is 0. The zero-order valence-electron chi connectivity index (χ0n) is 8.39. The van der Waals surface area contributed by atoms with E-state index in [1.807, 2.05) is 25.8 Å². The lowest BCUT2D eigenvalue weighted by atomic mass is 10.2. The summed E-state index contributed by atoms with van der Waals surface area (Å²) in [5.41, 5.74) is 0. The molecule has 0 aliphatic heterocycles. The van der Waals surface area contributed by atoms with Gasteiger partial charge in [-0.15, -0.1) is 0 Å². The molecule has 0 fully saturated rings. The Balaban J connectivity index is 3.54. The van der Waals surface area contributed by atoms with E-state index in [-0.39, 0.29) is 5.91 Å². The molecule has 0 aromatic heterocycles. The van der Waals surface area contributed by atoms with E-state index in [0.29, 0.717) is 6.42 Å². The van der Waals surface area contributed by atoms with Crippen LogP contribution in [0.3, 0.4) is 0 Å². The first kappa shape index (κ1) is 11.4. The van der Waals surface area contributed by atoms with Crippen molar-refractivity contribution in [2.75, 3.05) is 26.7 Å². The largest absolute Gasteiger partial charge is 0.343 e. The van der Waals surface area contributed by atoms with Crippen LogP contribution in [0.15, 0.2) is 0 Å². The van der Waals surface area contributed by atoms with E-state index in [1.54, 1.807) is 0 Å². The number of nitrogens with one attached hydrogen (secondary N) is 1. The van der Waals surface area contributed by atoms with Crippen molar-refractivity contribution in [2.24, 2.45) is 0 Å². The second-order valence-corrected chi connectivity index (χ2v) is 2.77. The highest BCUT2D eigenvalue weighted by molar-refractivity contribution is 5.76. The van der Waals surface area contributed by atoms with Crippen molar-refractivity contribution < 1.29 is 4.79 Å². The summed E-state index contributed by atoms with van der Waals surface area (Å²) >= 11 is 0. The Kier molecular flexibility index (Phi) is 6.76. The van der Waals surface area contributed by atoms with Crippen molar-refractivity contribution >= 4 is 5.91 Å². The molecule has 72 valence electrons. The molecule has 0 radical (unpaired) electrons. The molecule has 0 unspecified atom stereocenters. The fraction of sp³-hybridized carbons (Fsp3) is 0.889. The first-order valence-electron chi connectivity index (χ1n) is 4.68. The van der Waals surface area contributed by atoms with Gasteiger partial charge in [0.05, 0.1) is 0 Å². The van der Waals surface area contributed by atoms with Gasteiger partial charge in [-0.2, -0.15) is 0 Å². The summed E-state index contributed by atoms with van der Waals surface area (Å²) in [7, 11) is 1.90. The molecular weight excluding hydrogens is 152 g/mol. The zero-order chi connectivity index (χ0) is 9.40. The van der Waals surface area contributed by atoms with E-state index >= 15 is 0 Å². The lowest BCUT2D eigenvalue weighted by Gasteiger charge is -2.18. The first-order valence-corrected chi connectivity index (χ1v) is 4.68. The molecule has 1 amide bonds.